The second-order valence-electron chi connectivity index (χ2n) is 6.25. The largest absolute Gasteiger partial charge is 0.478 e. The predicted octanol–water partition coefficient (Wildman–Crippen LogP) is 6.14. The van der Waals surface area contributed by atoms with E-state index in [1.54, 1.807) is 31.2 Å². The Morgan fingerprint density at radius 2 is 1.55 bits per heavy atom. The third kappa shape index (κ3) is 6.08. The summed E-state index contributed by atoms with van der Waals surface area (Å²) in [5, 5.41) is 22.3. The van der Waals surface area contributed by atoms with Crippen molar-refractivity contribution >= 4 is 98.1 Å². The van der Waals surface area contributed by atoms with Gasteiger partial charge in [-0.25, -0.2) is 4.79 Å². The summed E-state index contributed by atoms with van der Waals surface area (Å²) in [6.07, 6.45) is 0. The van der Waals surface area contributed by atoms with Crippen LogP contribution < -0.4 is 10.6 Å². The number of carboxylic acid groups (broad SMARTS) is 1. The molecule has 3 rings (SSSR count). The van der Waals surface area contributed by atoms with Crippen LogP contribution >= 0.6 is 69.5 Å². The molecule has 0 aliphatic heterocycles. The second-order valence-corrected chi connectivity index (χ2v) is 9.99. The predicted molar refractivity (Wildman–Crippen MR) is 132 cm³/mol. The molecule has 3 N–H and O–H groups in total. The van der Waals surface area contributed by atoms with Crippen molar-refractivity contribution in [3.8, 4) is 0 Å². The van der Waals surface area contributed by atoms with Gasteiger partial charge in [-0.15, -0.1) is 22.0 Å². The maximum Gasteiger partial charge on any atom is 0.338 e. The van der Waals surface area contributed by atoms with Gasteiger partial charge in [0.1, 0.15) is 5.01 Å². The normalized spacial score (nSPS) is 10.7. The highest BCUT2D eigenvalue weighted by Gasteiger charge is 2.28. The third-order valence-corrected chi connectivity index (χ3v) is 7.53. The van der Waals surface area contributed by atoms with Gasteiger partial charge in [0.15, 0.2) is 0 Å². The first-order valence-corrected chi connectivity index (χ1v) is 12.1. The summed E-state index contributed by atoms with van der Waals surface area (Å²) in [5.41, 5.74) is -0.615. The summed E-state index contributed by atoms with van der Waals surface area (Å²) in [6.45, 7) is 1.79. The number of anilines is 2. The van der Waals surface area contributed by atoms with E-state index in [2.05, 4.69) is 20.8 Å². The fourth-order valence-corrected chi connectivity index (χ4v) is 4.85. The molecule has 14 heteroatoms. The smallest absolute Gasteiger partial charge is 0.338 e. The van der Waals surface area contributed by atoms with E-state index in [1.807, 2.05) is 0 Å². The number of carbonyl (C=O) groups excluding carboxylic acids is 2. The van der Waals surface area contributed by atoms with E-state index in [9.17, 15) is 19.5 Å². The van der Waals surface area contributed by atoms with Gasteiger partial charge in [-0.2, -0.15) is 0 Å². The van der Waals surface area contributed by atoms with E-state index in [0.717, 1.165) is 9.90 Å². The van der Waals surface area contributed by atoms with E-state index >= 15 is 0 Å². The quantitative estimate of drug-likeness (QED) is 0.179. The van der Waals surface area contributed by atoms with Gasteiger partial charge in [0, 0.05) is 10.6 Å². The zero-order valence-corrected chi connectivity index (χ0v) is 21.1. The van der Waals surface area contributed by atoms with E-state index in [1.165, 1.54) is 23.1 Å². The summed E-state index contributed by atoms with van der Waals surface area (Å²) in [6, 6.07) is 6.54. The number of carbonyl (C=O) groups is 3. The van der Waals surface area contributed by atoms with Crippen molar-refractivity contribution in [1.29, 1.82) is 0 Å². The number of thioether (sulfide) groups is 1. The lowest BCUT2D eigenvalue weighted by atomic mass is 10.1. The van der Waals surface area contributed by atoms with Crippen molar-refractivity contribution in [2.24, 2.45) is 0 Å². The number of hydrogen-bond donors (Lipinski definition) is 3. The first-order valence-electron chi connectivity index (χ1n) is 8.82. The van der Waals surface area contributed by atoms with Crippen molar-refractivity contribution in [2.75, 3.05) is 16.4 Å². The topological polar surface area (TPSA) is 121 Å². The number of aryl methyl sites for hydroxylation is 1. The summed E-state index contributed by atoms with van der Waals surface area (Å²) in [5.74, 6) is -2.41. The molecular weight excluding hydrogens is 554 g/mol. The second kappa shape index (κ2) is 10.9. The molecule has 2 aromatic carbocycles. The lowest BCUT2D eigenvalue weighted by molar-refractivity contribution is -0.113. The molecular formula is C19H12Cl4N4O4S2. The van der Waals surface area contributed by atoms with E-state index < -0.39 is 28.0 Å². The van der Waals surface area contributed by atoms with Crippen molar-refractivity contribution in [1.82, 2.24) is 10.2 Å². The van der Waals surface area contributed by atoms with E-state index in [-0.39, 0.29) is 26.7 Å². The Morgan fingerprint density at radius 1 is 0.939 bits per heavy atom. The van der Waals surface area contributed by atoms with Crippen LogP contribution in [0.15, 0.2) is 29.2 Å². The van der Waals surface area contributed by atoms with Gasteiger partial charge < -0.3 is 10.4 Å². The lowest BCUT2D eigenvalue weighted by Crippen LogP contribution is -2.18. The van der Waals surface area contributed by atoms with E-state index in [0.29, 0.717) is 10.8 Å². The van der Waals surface area contributed by atoms with Crippen molar-refractivity contribution < 1.29 is 19.5 Å². The maximum absolute atomic E-state index is 12.8. The molecule has 0 fully saturated rings. The highest BCUT2D eigenvalue weighted by molar-refractivity contribution is 8.00. The zero-order chi connectivity index (χ0) is 24.3. The number of nitrogens with one attached hydrogen (secondary N) is 2. The minimum Gasteiger partial charge on any atom is -0.478 e. The molecule has 0 radical (unpaired) electrons. The van der Waals surface area contributed by atoms with Crippen LogP contribution in [-0.4, -0.2) is 38.8 Å². The number of hydrogen-bond acceptors (Lipinski definition) is 7. The van der Waals surface area contributed by atoms with Gasteiger partial charge in [0.25, 0.3) is 5.91 Å². The lowest BCUT2D eigenvalue weighted by Gasteiger charge is -2.14. The molecule has 0 aliphatic rings. The monoisotopic (exact) mass is 564 g/mol. The number of nitrogens with zero attached hydrogens (tertiary/aromatic N) is 2. The van der Waals surface area contributed by atoms with Gasteiger partial charge in [-0.1, -0.05) is 57.7 Å². The van der Waals surface area contributed by atoms with Gasteiger partial charge in [-0.05, 0) is 31.2 Å². The Morgan fingerprint density at radius 3 is 2.09 bits per heavy atom. The summed E-state index contributed by atoms with van der Waals surface area (Å²) in [4.78, 5) is 37.2. The Bertz CT molecular complexity index is 1250. The first kappa shape index (κ1) is 25.5. The van der Waals surface area contributed by atoms with Crippen LogP contribution in [0.5, 0.6) is 0 Å². The Hall–Kier alpha value is -2.08. The molecule has 2 amide bonds. The molecule has 0 saturated heterocycles. The van der Waals surface area contributed by atoms with Crippen LogP contribution in [0, 0.1) is 6.92 Å². The maximum atomic E-state index is 12.8. The molecule has 0 aliphatic carbocycles. The molecule has 172 valence electrons. The van der Waals surface area contributed by atoms with Crippen molar-refractivity contribution in [3.05, 3.63) is 60.5 Å². The van der Waals surface area contributed by atoms with Crippen molar-refractivity contribution in [2.45, 2.75) is 11.8 Å². The van der Waals surface area contributed by atoms with Crippen LogP contribution in [0.2, 0.25) is 20.1 Å². The summed E-state index contributed by atoms with van der Waals surface area (Å²) in [7, 11) is 0. The highest BCUT2D eigenvalue weighted by Crippen LogP contribution is 2.41. The number of aromatic nitrogens is 2. The van der Waals surface area contributed by atoms with Crippen molar-refractivity contribution in [3.63, 3.8) is 0 Å². The number of aromatic carboxylic acids is 1. The molecule has 33 heavy (non-hydrogen) atoms. The van der Waals surface area contributed by atoms with Gasteiger partial charge in [0.2, 0.25) is 11.0 Å². The fourth-order valence-electron chi connectivity index (χ4n) is 2.53. The Labute approximate surface area is 215 Å². The standard InChI is InChI=1S/C19H12Cl4N4O4S2/c1-7-26-27-19(33-7)25-10(28)6-32-9-4-2-8(3-5-9)24-17(29)11-12(18(30)31)14(21)16(23)15(22)13(11)20/h2-5H,6H2,1H3,(H,24,29)(H,30,31)(H,25,27,28). The summed E-state index contributed by atoms with van der Waals surface area (Å²) < 4.78 is 0. The Kier molecular flexibility index (Phi) is 8.43. The van der Waals surface area contributed by atoms with Crippen LogP contribution in [0.3, 0.4) is 0 Å². The number of halogens is 4. The van der Waals surface area contributed by atoms with Gasteiger partial charge in [0.05, 0.1) is 37.0 Å². The molecule has 1 heterocycles. The number of carboxylic acids is 1. The Balaban J connectivity index is 1.68. The van der Waals surface area contributed by atoms with Crippen LogP contribution in [0.1, 0.15) is 25.7 Å². The number of amides is 2. The molecule has 1 aromatic heterocycles. The molecule has 0 saturated carbocycles. The average Bonchev–Trinajstić information content (AvgIpc) is 3.18. The van der Waals surface area contributed by atoms with Crippen LogP contribution in [-0.2, 0) is 4.79 Å². The third-order valence-electron chi connectivity index (χ3n) is 3.96. The SMILES string of the molecule is Cc1nnc(NC(=O)CSc2ccc(NC(=O)c3c(Cl)c(Cl)c(Cl)c(Cl)c3C(=O)O)cc2)s1. The average molecular weight is 566 g/mol. The van der Waals surface area contributed by atoms with Gasteiger partial charge in [-0.3, -0.25) is 14.9 Å². The minimum atomic E-state index is -1.49. The molecule has 3 aromatic rings. The number of rotatable bonds is 7. The molecule has 0 unspecified atom stereocenters. The first-order chi connectivity index (χ1) is 15.6. The zero-order valence-electron chi connectivity index (χ0n) is 16.4. The molecule has 0 atom stereocenters. The van der Waals surface area contributed by atoms with Gasteiger partial charge >= 0.3 is 5.97 Å². The molecule has 0 bridgehead atoms. The molecule has 0 spiro atoms. The van der Waals surface area contributed by atoms with E-state index in [4.69, 9.17) is 46.4 Å². The molecule has 8 nitrogen and oxygen atoms in total. The minimum absolute atomic E-state index is 0.143. The van der Waals surface area contributed by atoms with Crippen LogP contribution in [0.25, 0.3) is 0 Å². The summed E-state index contributed by atoms with van der Waals surface area (Å²) >= 11 is 26.5. The highest BCUT2D eigenvalue weighted by atomic mass is 35.5. The number of benzene rings is 2. The van der Waals surface area contributed by atoms with Crippen LogP contribution in [0.4, 0.5) is 10.8 Å². The fraction of sp³-hybridized carbons (Fsp3) is 0.105.